The van der Waals surface area contributed by atoms with Crippen LogP contribution in [0.4, 0.5) is 11.4 Å². The molecule has 0 bridgehead atoms. The first kappa shape index (κ1) is 17.9. The van der Waals surface area contributed by atoms with Gasteiger partial charge >= 0.3 is 4.87 Å². The molecule has 0 saturated carbocycles. The third-order valence-electron chi connectivity index (χ3n) is 4.50. The van der Waals surface area contributed by atoms with E-state index in [2.05, 4.69) is 4.99 Å². The number of rotatable bonds is 4. The molecule has 28 heavy (non-hydrogen) atoms. The van der Waals surface area contributed by atoms with Crippen molar-refractivity contribution in [2.24, 2.45) is 4.99 Å². The first-order valence-electron chi connectivity index (χ1n) is 8.47. The lowest BCUT2D eigenvalue weighted by molar-refractivity contribution is -0.384. The third-order valence-corrected chi connectivity index (χ3v) is 5.42. The molecule has 140 valence electrons. The molecule has 1 aromatic heterocycles. The summed E-state index contributed by atoms with van der Waals surface area (Å²) in [5.74, 6) is -0.161. The second kappa shape index (κ2) is 6.90. The van der Waals surface area contributed by atoms with Crippen molar-refractivity contribution in [1.29, 1.82) is 0 Å². The number of nitro groups is 1. The zero-order chi connectivity index (χ0) is 19.8. The van der Waals surface area contributed by atoms with Crippen molar-refractivity contribution in [3.05, 3.63) is 84.3 Å². The van der Waals surface area contributed by atoms with Gasteiger partial charge in [-0.3, -0.25) is 24.5 Å². The van der Waals surface area contributed by atoms with Crippen molar-refractivity contribution in [2.75, 3.05) is 0 Å². The van der Waals surface area contributed by atoms with E-state index in [-0.39, 0.29) is 23.0 Å². The van der Waals surface area contributed by atoms with Gasteiger partial charge in [0.1, 0.15) is 0 Å². The number of non-ortho nitro benzene ring substituents is 1. The number of hydrogen-bond acceptors (Lipinski definition) is 6. The van der Waals surface area contributed by atoms with Crippen LogP contribution >= 0.6 is 11.3 Å². The summed E-state index contributed by atoms with van der Waals surface area (Å²) in [4.78, 5) is 27.5. The molecule has 7 nitrogen and oxygen atoms in total. The van der Waals surface area contributed by atoms with Gasteiger partial charge in [-0.05, 0) is 24.6 Å². The number of para-hydroxylation sites is 1. The molecule has 0 saturated heterocycles. The van der Waals surface area contributed by atoms with Gasteiger partial charge in [0.2, 0.25) is 5.88 Å². The second-order valence-electron chi connectivity index (χ2n) is 6.34. The number of aromatic nitrogens is 1. The van der Waals surface area contributed by atoms with Crippen LogP contribution in [0.15, 0.2) is 58.3 Å². The van der Waals surface area contributed by atoms with E-state index in [1.807, 2.05) is 31.2 Å². The summed E-state index contributed by atoms with van der Waals surface area (Å²) in [7, 11) is 0. The highest BCUT2D eigenvalue weighted by atomic mass is 32.1. The van der Waals surface area contributed by atoms with E-state index < -0.39 is 4.92 Å². The number of nitrogens with zero attached hydrogens (tertiary/aromatic N) is 3. The minimum Gasteiger partial charge on any atom is -0.493 e. The van der Waals surface area contributed by atoms with Gasteiger partial charge < -0.3 is 5.11 Å². The molecule has 4 rings (SSSR count). The number of benzene rings is 2. The average Bonchev–Trinajstić information content (AvgIpc) is 3.13. The maximum absolute atomic E-state index is 12.4. The zero-order valence-electron chi connectivity index (χ0n) is 14.8. The summed E-state index contributed by atoms with van der Waals surface area (Å²) < 4.78 is 1.21. The molecule has 0 unspecified atom stereocenters. The van der Waals surface area contributed by atoms with E-state index in [1.165, 1.54) is 16.7 Å². The Kier molecular flexibility index (Phi) is 4.40. The molecule has 0 fully saturated rings. The Balaban J connectivity index is 1.71. The fourth-order valence-electron chi connectivity index (χ4n) is 3.15. The first-order chi connectivity index (χ1) is 13.4. The van der Waals surface area contributed by atoms with Crippen molar-refractivity contribution in [1.82, 2.24) is 4.57 Å². The van der Waals surface area contributed by atoms with Crippen LogP contribution < -0.4 is 4.87 Å². The Hall–Kier alpha value is -3.52. The van der Waals surface area contributed by atoms with E-state index in [9.17, 15) is 20.0 Å². The molecule has 0 aliphatic carbocycles. The molecule has 3 aromatic rings. The molecule has 2 aromatic carbocycles. The van der Waals surface area contributed by atoms with Crippen molar-refractivity contribution in [3.8, 4) is 5.88 Å². The number of aliphatic imine (C=N–C) groups is 1. The Labute approximate surface area is 163 Å². The number of allylic oxidation sites excluding steroid dienone is 1. The van der Waals surface area contributed by atoms with Crippen molar-refractivity contribution >= 4 is 40.1 Å². The maximum atomic E-state index is 12.4. The summed E-state index contributed by atoms with van der Waals surface area (Å²) in [5, 5.41) is 21.5. The van der Waals surface area contributed by atoms with Gasteiger partial charge in [-0.15, -0.1) is 0 Å². The summed E-state index contributed by atoms with van der Waals surface area (Å²) >= 11 is 0.926. The van der Waals surface area contributed by atoms with Crippen LogP contribution in [0.2, 0.25) is 0 Å². The summed E-state index contributed by atoms with van der Waals surface area (Å²) in [6.45, 7) is 1.93. The van der Waals surface area contributed by atoms with Crippen molar-refractivity contribution in [2.45, 2.75) is 13.5 Å². The van der Waals surface area contributed by atoms with Gasteiger partial charge in [-0.25, -0.2) is 0 Å². The van der Waals surface area contributed by atoms with Crippen LogP contribution in [0.25, 0.3) is 11.6 Å². The van der Waals surface area contributed by atoms with Crippen molar-refractivity contribution in [3.63, 3.8) is 0 Å². The Bertz CT molecular complexity index is 1220. The van der Waals surface area contributed by atoms with E-state index in [0.717, 1.165) is 33.9 Å². The highest BCUT2D eigenvalue weighted by molar-refractivity contribution is 7.10. The van der Waals surface area contributed by atoms with Gasteiger partial charge in [0.25, 0.3) is 5.69 Å². The molecule has 1 aliphatic heterocycles. The van der Waals surface area contributed by atoms with E-state index >= 15 is 0 Å². The minimum atomic E-state index is -0.491. The van der Waals surface area contributed by atoms with Gasteiger partial charge in [-0.1, -0.05) is 41.7 Å². The van der Waals surface area contributed by atoms with Crippen molar-refractivity contribution < 1.29 is 10.0 Å². The molecule has 1 aliphatic rings. The lowest BCUT2D eigenvalue weighted by atomic mass is 10.0. The van der Waals surface area contributed by atoms with Gasteiger partial charge in [0.15, 0.2) is 0 Å². The second-order valence-corrected chi connectivity index (χ2v) is 7.33. The molecular weight excluding hydrogens is 378 g/mol. The Morgan fingerprint density at radius 2 is 2.04 bits per heavy atom. The fraction of sp³-hybridized carbons (Fsp3) is 0.100. The first-order valence-corrected chi connectivity index (χ1v) is 9.28. The molecule has 2 heterocycles. The fourth-order valence-corrected chi connectivity index (χ4v) is 3.97. The number of aromatic hydroxyl groups is 1. The normalized spacial score (nSPS) is 14.2. The largest absolute Gasteiger partial charge is 0.493 e. The van der Waals surface area contributed by atoms with Crippen LogP contribution in [0.1, 0.15) is 22.9 Å². The van der Waals surface area contributed by atoms with E-state index in [0.29, 0.717) is 10.4 Å². The van der Waals surface area contributed by atoms with E-state index in [4.69, 9.17) is 0 Å². The maximum Gasteiger partial charge on any atom is 0.310 e. The molecule has 0 atom stereocenters. The summed E-state index contributed by atoms with van der Waals surface area (Å²) in [6.07, 6.45) is 1.76. The molecule has 0 radical (unpaired) electrons. The number of nitro benzene ring substituents is 1. The summed E-state index contributed by atoms with van der Waals surface area (Å²) in [5.41, 5.74) is 3.98. The van der Waals surface area contributed by atoms with Crippen LogP contribution in [-0.2, 0) is 6.54 Å². The van der Waals surface area contributed by atoms with Gasteiger partial charge in [0, 0.05) is 29.0 Å². The van der Waals surface area contributed by atoms with Gasteiger partial charge in [0.05, 0.1) is 22.0 Å². The lowest BCUT2D eigenvalue weighted by Gasteiger charge is -2.05. The van der Waals surface area contributed by atoms with Crippen LogP contribution in [0.5, 0.6) is 5.88 Å². The quantitative estimate of drug-likeness (QED) is 0.530. The highest BCUT2D eigenvalue weighted by Crippen LogP contribution is 2.37. The van der Waals surface area contributed by atoms with E-state index in [1.54, 1.807) is 18.2 Å². The standard InChI is InChI=1S/C20H15N3O4S/c1-12-16(15-7-2-3-8-17(15)21-12)10-18-19(24)22(20(25)28-18)11-13-5-4-6-14(9-13)23(26)27/h2-10,24H,11H2,1H3/b16-10+. The van der Waals surface area contributed by atoms with Crippen LogP contribution in [0, 0.1) is 10.1 Å². The Morgan fingerprint density at radius 1 is 1.25 bits per heavy atom. The third kappa shape index (κ3) is 3.14. The lowest BCUT2D eigenvalue weighted by Crippen LogP contribution is -2.13. The topological polar surface area (TPSA) is 97.7 Å². The SMILES string of the molecule is CC1=Nc2ccccc2/C1=C/c1sc(=O)n(Cc2cccc([N+](=O)[O-])c2)c1O. The molecule has 8 heteroatoms. The van der Waals surface area contributed by atoms with Crippen LogP contribution in [0.3, 0.4) is 0 Å². The number of fused-ring (bicyclic) bond motifs is 1. The molecule has 0 amide bonds. The zero-order valence-corrected chi connectivity index (χ0v) is 15.6. The summed E-state index contributed by atoms with van der Waals surface area (Å²) in [6, 6.07) is 13.7. The van der Waals surface area contributed by atoms with Gasteiger partial charge in [-0.2, -0.15) is 0 Å². The monoisotopic (exact) mass is 393 g/mol. The average molecular weight is 393 g/mol. The smallest absolute Gasteiger partial charge is 0.310 e. The van der Waals surface area contributed by atoms with Crippen LogP contribution in [-0.4, -0.2) is 20.3 Å². The Morgan fingerprint density at radius 3 is 2.82 bits per heavy atom. The molecule has 1 N–H and O–H groups in total. The number of hydrogen-bond donors (Lipinski definition) is 1. The minimum absolute atomic E-state index is 0.0513. The molecule has 0 spiro atoms. The predicted molar refractivity (Wildman–Crippen MR) is 110 cm³/mol. The molecular formula is C20H15N3O4S. The number of thiazole rings is 1. The highest BCUT2D eigenvalue weighted by Gasteiger charge is 2.20. The predicted octanol–water partition coefficient (Wildman–Crippen LogP) is 4.22.